The molecular formula is C45H37N9. The first kappa shape index (κ1) is 34.2. The van der Waals surface area contributed by atoms with E-state index < -0.39 is 0 Å². The van der Waals surface area contributed by atoms with E-state index >= 15 is 0 Å². The third kappa shape index (κ3) is 7.38. The van der Waals surface area contributed by atoms with Gasteiger partial charge in [-0.25, -0.2) is 44.9 Å². The summed E-state index contributed by atoms with van der Waals surface area (Å²) in [6.07, 6.45) is 0. The minimum absolute atomic E-state index is 0.167. The van der Waals surface area contributed by atoms with Crippen molar-refractivity contribution in [3.05, 3.63) is 151 Å². The van der Waals surface area contributed by atoms with Crippen LogP contribution < -0.4 is 0 Å². The van der Waals surface area contributed by atoms with Gasteiger partial charge in [0.15, 0.2) is 40.8 Å². The van der Waals surface area contributed by atoms with Crippen molar-refractivity contribution in [3.63, 3.8) is 0 Å². The van der Waals surface area contributed by atoms with E-state index in [1.165, 1.54) is 0 Å². The van der Waals surface area contributed by atoms with E-state index in [-0.39, 0.29) is 11.8 Å². The van der Waals surface area contributed by atoms with Gasteiger partial charge in [-0.05, 0) is 6.07 Å². The van der Waals surface area contributed by atoms with E-state index in [9.17, 15) is 0 Å². The largest absolute Gasteiger partial charge is 0.217 e. The molecule has 0 N–H and O–H groups in total. The first-order valence-electron chi connectivity index (χ1n) is 18.0. The monoisotopic (exact) mass is 703 g/mol. The van der Waals surface area contributed by atoms with E-state index in [4.69, 9.17) is 44.9 Å². The highest BCUT2D eigenvalue weighted by atomic mass is 15.1. The summed E-state index contributed by atoms with van der Waals surface area (Å²) in [7, 11) is 0. The molecular weight excluding hydrogens is 667 g/mol. The van der Waals surface area contributed by atoms with Crippen molar-refractivity contribution in [2.75, 3.05) is 0 Å². The van der Waals surface area contributed by atoms with Crippen LogP contribution in [0.25, 0.3) is 79.7 Å². The minimum atomic E-state index is 0.167. The molecule has 0 bridgehead atoms. The predicted octanol–water partition coefficient (Wildman–Crippen LogP) is 10.2. The maximum absolute atomic E-state index is 5.02. The second-order valence-corrected chi connectivity index (χ2v) is 13.6. The lowest BCUT2D eigenvalue weighted by Crippen LogP contribution is -2.08. The summed E-state index contributed by atoms with van der Waals surface area (Å²) in [5, 5.41) is 0. The molecule has 0 unspecified atom stereocenters. The van der Waals surface area contributed by atoms with Crippen molar-refractivity contribution >= 4 is 0 Å². The summed E-state index contributed by atoms with van der Waals surface area (Å²) in [5.41, 5.74) is 6.10. The first-order chi connectivity index (χ1) is 26.4. The van der Waals surface area contributed by atoms with Crippen LogP contribution in [-0.2, 0) is 0 Å². The van der Waals surface area contributed by atoms with Crippen LogP contribution in [0.2, 0.25) is 0 Å². The molecule has 0 aliphatic carbocycles. The van der Waals surface area contributed by atoms with Gasteiger partial charge in [0.25, 0.3) is 0 Å². The Labute approximate surface area is 314 Å². The van der Waals surface area contributed by atoms with E-state index in [1.807, 2.05) is 140 Å². The number of nitrogens with zero attached hydrogens (tertiary/aromatic N) is 9. The van der Waals surface area contributed by atoms with Crippen molar-refractivity contribution in [3.8, 4) is 79.7 Å². The zero-order valence-electron chi connectivity index (χ0n) is 30.5. The third-order valence-electron chi connectivity index (χ3n) is 8.85. The fourth-order valence-corrected chi connectivity index (χ4v) is 5.91. The summed E-state index contributed by atoms with van der Waals surface area (Å²) in [6.45, 7) is 8.38. The summed E-state index contributed by atoms with van der Waals surface area (Å²) < 4.78 is 0. The molecule has 0 amide bonds. The highest BCUT2D eigenvalue weighted by Crippen LogP contribution is 2.30. The van der Waals surface area contributed by atoms with E-state index in [0.717, 1.165) is 50.6 Å². The Bertz CT molecular complexity index is 2460. The maximum Gasteiger partial charge on any atom is 0.164 e. The molecule has 262 valence electrons. The molecule has 3 aromatic heterocycles. The first-order valence-corrected chi connectivity index (χ1v) is 18.0. The van der Waals surface area contributed by atoms with Crippen LogP contribution in [-0.4, -0.2) is 44.9 Å². The Morgan fingerprint density at radius 1 is 0.259 bits per heavy atom. The van der Waals surface area contributed by atoms with Crippen LogP contribution in [0.1, 0.15) is 51.2 Å². The molecule has 0 fully saturated rings. The molecule has 0 radical (unpaired) electrons. The average molecular weight is 704 g/mol. The molecule has 9 heteroatoms. The maximum atomic E-state index is 5.02. The average Bonchev–Trinajstić information content (AvgIpc) is 3.24. The van der Waals surface area contributed by atoms with Gasteiger partial charge in [0.2, 0.25) is 0 Å². The Morgan fingerprint density at radius 2 is 0.519 bits per heavy atom. The number of hydrogen-bond acceptors (Lipinski definition) is 9. The van der Waals surface area contributed by atoms with Crippen LogP contribution in [0, 0.1) is 0 Å². The van der Waals surface area contributed by atoms with Crippen LogP contribution >= 0.6 is 0 Å². The van der Waals surface area contributed by atoms with Gasteiger partial charge < -0.3 is 0 Å². The molecule has 0 saturated carbocycles. The van der Waals surface area contributed by atoms with Gasteiger partial charge in [0.1, 0.15) is 11.6 Å². The van der Waals surface area contributed by atoms with E-state index in [1.54, 1.807) is 0 Å². The van der Waals surface area contributed by atoms with E-state index in [2.05, 4.69) is 27.7 Å². The standard InChI is InChI=1S/C45H37N9/c1-28(2)37-46-38(29(3)4)48-44(47-37)35-21-14-22-36(27-35)45-53-41(32-19-12-7-13-20-32)52-43(54-45)34-25-23-33(24-26-34)42-50-39(30-15-8-5-9-16-30)49-40(51-42)31-17-10-6-11-18-31/h5-29H,1-4H3. The molecule has 9 nitrogen and oxygen atoms in total. The van der Waals surface area contributed by atoms with Crippen LogP contribution in [0.4, 0.5) is 0 Å². The number of aromatic nitrogens is 9. The van der Waals surface area contributed by atoms with Crippen molar-refractivity contribution in [2.24, 2.45) is 0 Å². The fourth-order valence-electron chi connectivity index (χ4n) is 5.91. The van der Waals surface area contributed by atoms with Crippen molar-refractivity contribution in [2.45, 2.75) is 39.5 Å². The quantitative estimate of drug-likeness (QED) is 0.145. The number of hydrogen-bond donors (Lipinski definition) is 0. The van der Waals surface area contributed by atoms with Gasteiger partial charge in [0.05, 0.1) is 0 Å². The zero-order valence-corrected chi connectivity index (χ0v) is 30.5. The number of rotatable bonds is 9. The van der Waals surface area contributed by atoms with Crippen LogP contribution in [0.15, 0.2) is 140 Å². The van der Waals surface area contributed by atoms with Crippen molar-refractivity contribution < 1.29 is 0 Å². The molecule has 0 aliphatic heterocycles. The highest BCUT2D eigenvalue weighted by molar-refractivity contribution is 5.72. The smallest absolute Gasteiger partial charge is 0.164 e. The topological polar surface area (TPSA) is 116 Å². The number of benzene rings is 5. The molecule has 3 heterocycles. The van der Waals surface area contributed by atoms with Gasteiger partial charge in [0, 0.05) is 50.8 Å². The lowest BCUT2D eigenvalue weighted by Gasteiger charge is -2.12. The summed E-state index contributed by atoms with van der Waals surface area (Å²) in [4.78, 5) is 44.0. The summed E-state index contributed by atoms with van der Waals surface area (Å²) in [5.74, 6) is 5.98. The molecule has 8 rings (SSSR count). The van der Waals surface area contributed by atoms with Gasteiger partial charge in [-0.15, -0.1) is 0 Å². The molecule has 8 aromatic rings. The molecule has 0 aliphatic rings. The SMILES string of the molecule is CC(C)c1nc(-c2cccc(-c3nc(-c4ccccc4)nc(-c4ccc(-c5nc(-c6ccccc6)nc(-c6ccccc6)n5)cc4)n3)c2)nc(C(C)C)n1. The second-order valence-electron chi connectivity index (χ2n) is 13.6. The zero-order chi connectivity index (χ0) is 37.0. The molecule has 0 spiro atoms. The lowest BCUT2D eigenvalue weighted by molar-refractivity contribution is 0.697. The minimum Gasteiger partial charge on any atom is -0.217 e. The van der Waals surface area contributed by atoms with Crippen LogP contribution in [0.5, 0.6) is 0 Å². The second kappa shape index (κ2) is 15.0. The van der Waals surface area contributed by atoms with Gasteiger partial charge in [-0.2, -0.15) is 0 Å². The highest BCUT2D eigenvalue weighted by Gasteiger charge is 2.17. The Kier molecular flexibility index (Phi) is 9.51. The lowest BCUT2D eigenvalue weighted by atomic mass is 10.1. The Hall–Kier alpha value is -6.87. The van der Waals surface area contributed by atoms with Crippen molar-refractivity contribution in [1.29, 1.82) is 0 Å². The summed E-state index contributed by atoms with van der Waals surface area (Å²) >= 11 is 0. The normalized spacial score (nSPS) is 11.3. The van der Waals surface area contributed by atoms with Gasteiger partial charge in [-0.3, -0.25) is 0 Å². The van der Waals surface area contributed by atoms with Gasteiger partial charge >= 0.3 is 0 Å². The fraction of sp³-hybridized carbons (Fsp3) is 0.133. The molecule has 5 aromatic carbocycles. The Morgan fingerprint density at radius 3 is 0.833 bits per heavy atom. The predicted molar refractivity (Wildman–Crippen MR) is 213 cm³/mol. The molecule has 54 heavy (non-hydrogen) atoms. The Balaban J connectivity index is 1.20. The molecule has 0 atom stereocenters. The van der Waals surface area contributed by atoms with Crippen molar-refractivity contribution in [1.82, 2.24) is 44.9 Å². The van der Waals surface area contributed by atoms with Gasteiger partial charge in [-0.1, -0.05) is 161 Å². The molecule has 0 saturated heterocycles. The summed E-state index contributed by atoms with van der Waals surface area (Å²) in [6, 6.07) is 45.9. The third-order valence-corrected chi connectivity index (χ3v) is 8.85. The van der Waals surface area contributed by atoms with Crippen LogP contribution in [0.3, 0.4) is 0 Å². The van der Waals surface area contributed by atoms with E-state index in [0.29, 0.717) is 40.8 Å².